The summed E-state index contributed by atoms with van der Waals surface area (Å²) in [6.45, 7) is 5.57. The first kappa shape index (κ1) is 15.2. The van der Waals surface area contributed by atoms with Gasteiger partial charge in [-0.25, -0.2) is 17.5 Å². The Morgan fingerprint density at radius 3 is 2.31 bits per heavy atom. The molecule has 0 aromatic rings. The lowest BCUT2D eigenvalue weighted by molar-refractivity contribution is 0.241. The van der Waals surface area contributed by atoms with Crippen LogP contribution in [0.4, 0.5) is 4.79 Å². The minimum Gasteiger partial charge on any atom is -0.338 e. The zero-order valence-electron chi connectivity index (χ0n) is 10.1. The average molecular weight is 251 g/mol. The highest BCUT2D eigenvalue weighted by Gasteiger charge is 2.13. The molecule has 96 valence electrons. The lowest BCUT2D eigenvalue weighted by Gasteiger charge is -2.17. The molecule has 6 nitrogen and oxygen atoms in total. The molecule has 0 bridgehead atoms. The molecule has 16 heavy (non-hydrogen) atoms. The summed E-state index contributed by atoms with van der Waals surface area (Å²) in [7, 11) is -3.12. The Morgan fingerprint density at radius 2 is 1.88 bits per heavy atom. The van der Waals surface area contributed by atoms with E-state index in [1.807, 2.05) is 6.92 Å². The van der Waals surface area contributed by atoms with E-state index in [0.717, 1.165) is 0 Å². The Hall–Kier alpha value is -0.820. The molecule has 0 aromatic carbocycles. The van der Waals surface area contributed by atoms with E-state index in [1.165, 1.54) is 10.6 Å². The van der Waals surface area contributed by atoms with E-state index in [2.05, 4.69) is 10.6 Å². The molecule has 0 unspecified atom stereocenters. The Balaban J connectivity index is 3.77. The molecule has 0 saturated heterocycles. The van der Waals surface area contributed by atoms with E-state index in [-0.39, 0.29) is 6.03 Å². The van der Waals surface area contributed by atoms with Gasteiger partial charge in [-0.05, 0) is 13.3 Å². The van der Waals surface area contributed by atoms with Gasteiger partial charge in [0.25, 0.3) is 0 Å². The maximum absolute atomic E-state index is 11.2. The number of urea groups is 1. The molecule has 7 heteroatoms. The average Bonchev–Trinajstić information content (AvgIpc) is 2.16. The van der Waals surface area contributed by atoms with Gasteiger partial charge in [-0.15, -0.1) is 0 Å². The van der Waals surface area contributed by atoms with Crippen LogP contribution in [-0.2, 0) is 10.0 Å². The fourth-order valence-corrected chi connectivity index (χ4v) is 2.17. The molecule has 2 amide bonds. The van der Waals surface area contributed by atoms with Gasteiger partial charge < -0.3 is 10.6 Å². The van der Waals surface area contributed by atoms with Crippen LogP contribution in [-0.4, -0.2) is 51.2 Å². The summed E-state index contributed by atoms with van der Waals surface area (Å²) < 4.78 is 23.8. The van der Waals surface area contributed by atoms with Gasteiger partial charge in [0.1, 0.15) is 0 Å². The fraction of sp³-hybridized carbons (Fsp3) is 0.889. The van der Waals surface area contributed by atoms with Crippen LogP contribution in [0.15, 0.2) is 0 Å². The number of carbonyl (C=O) groups is 1. The summed E-state index contributed by atoms with van der Waals surface area (Å²) in [4.78, 5) is 11.0. The molecular formula is C9H21N3O3S. The number of nitrogens with one attached hydrogen (secondary N) is 2. The van der Waals surface area contributed by atoms with Gasteiger partial charge in [0.05, 0.1) is 6.26 Å². The number of hydrogen-bond donors (Lipinski definition) is 2. The maximum Gasteiger partial charge on any atom is 0.314 e. The largest absolute Gasteiger partial charge is 0.338 e. The number of hydrogen-bond acceptors (Lipinski definition) is 3. The number of rotatable bonds is 7. The molecule has 0 aliphatic carbocycles. The minimum absolute atomic E-state index is 0.218. The van der Waals surface area contributed by atoms with Gasteiger partial charge in [-0.1, -0.05) is 6.92 Å². The second kappa shape index (κ2) is 7.45. The van der Waals surface area contributed by atoms with E-state index in [9.17, 15) is 13.2 Å². The third kappa shape index (κ3) is 6.62. The van der Waals surface area contributed by atoms with Crippen LogP contribution in [0.25, 0.3) is 0 Å². The fourth-order valence-electron chi connectivity index (χ4n) is 1.24. The molecule has 2 N–H and O–H groups in total. The monoisotopic (exact) mass is 251 g/mol. The van der Waals surface area contributed by atoms with Crippen molar-refractivity contribution in [1.82, 2.24) is 14.9 Å². The highest BCUT2D eigenvalue weighted by molar-refractivity contribution is 7.88. The first-order valence-electron chi connectivity index (χ1n) is 5.38. The predicted molar refractivity (Wildman–Crippen MR) is 63.8 cm³/mol. The summed E-state index contributed by atoms with van der Waals surface area (Å²) in [6.07, 6.45) is 1.80. The SMILES string of the molecule is CCNC(=O)NCCCN(CC)S(C)(=O)=O. The summed E-state index contributed by atoms with van der Waals surface area (Å²) in [5, 5.41) is 5.24. The Morgan fingerprint density at radius 1 is 1.25 bits per heavy atom. The third-order valence-electron chi connectivity index (χ3n) is 2.03. The standard InChI is InChI=1S/C9H21N3O3S/c1-4-10-9(13)11-7-6-8-12(5-2)16(3,14)15/h4-8H2,1-3H3,(H2,10,11,13). The van der Waals surface area contributed by atoms with Gasteiger partial charge in [0.2, 0.25) is 10.0 Å². The molecule has 0 heterocycles. The number of sulfonamides is 1. The third-order valence-corrected chi connectivity index (χ3v) is 3.41. The molecule has 0 atom stereocenters. The molecule has 0 aliphatic rings. The van der Waals surface area contributed by atoms with Crippen molar-refractivity contribution in [3.05, 3.63) is 0 Å². The molecule has 0 aliphatic heterocycles. The van der Waals surface area contributed by atoms with Crippen LogP contribution in [0.1, 0.15) is 20.3 Å². The van der Waals surface area contributed by atoms with Crippen molar-refractivity contribution in [3.63, 3.8) is 0 Å². The number of amides is 2. The number of nitrogens with zero attached hydrogens (tertiary/aromatic N) is 1. The van der Waals surface area contributed by atoms with Crippen molar-refractivity contribution in [2.45, 2.75) is 20.3 Å². The molecule has 0 saturated carbocycles. The quantitative estimate of drug-likeness (QED) is 0.624. The van der Waals surface area contributed by atoms with Crippen LogP contribution in [0.5, 0.6) is 0 Å². The van der Waals surface area contributed by atoms with Crippen LogP contribution in [0.2, 0.25) is 0 Å². The predicted octanol–water partition coefficient (Wildman–Crippen LogP) is -0.0229. The van der Waals surface area contributed by atoms with E-state index >= 15 is 0 Å². The van der Waals surface area contributed by atoms with Crippen LogP contribution in [0.3, 0.4) is 0 Å². The zero-order chi connectivity index (χ0) is 12.6. The van der Waals surface area contributed by atoms with Crippen LogP contribution in [0, 0.1) is 0 Å². The van der Waals surface area contributed by atoms with Gasteiger partial charge in [0, 0.05) is 26.2 Å². The van der Waals surface area contributed by atoms with E-state index in [4.69, 9.17) is 0 Å². The van der Waals surface area contributed by atoms with Crippen molar-refractivity contribution in [1.29, 1.82) is 0 Å². The zero-order valence-corrected chi connectivity index (χ0v) is 10.9. The summed E-state index contributed by atoms with van der Waals surface area (Å²) in [5.41, 5.74) is 0. The maximum atomic E-state index is 11.2. The molecule has 0 aromatic heterocycles. The first-order valence-corrected chi connectivity index (χ1v) is 7.23. The highest BCUT2D eigenvalue weighted by Crippen LogP contribution is 1.97. The second-order valence-electron chi connectivity index (χ2n) is 3.39. The van der Waals surface area contributed by atoms with E-state index in [0.29, 0.717) is 32.6 Å². The first-order chi connectivity index (χ1) is 7.41. The van der Waals surface area contributed by atoms with Crippen molar-refractivity contribution < 1.29 is 13.2 Å². The minimum atomic E-state index is -3.12. The van der Waals surface area contributed by atoms with Crippen LogP contribution < -0.4 is 10.6 Å². The van der Waals surface area contributed by atoms with Crippen molar-refractivity contribution >= 4 is 16.1 Å². The molecular weight excluding hydrogens is 230 g/mol. The number of carbonyl (C=O) groups excluding carboxylic acids is 1. The molecule has 0 radical (unpaired) electrons. The van der Waals surface area contributed by atoms with Crippen LogP contribution >= 0.6 is 0 Å². The van der Waals surface area contributed by atoms with Crippen molar-refractivity contribution in [3.8, 4) is 0 Å². The topological polar surface area (TPSA) is 78.5 Å². The Labute approximate surface area is 97.4 Å². The van der Waals surface area contributed by atoms with E-state index in [1.54, 1.807) is 6.92 Å². The second-order valence-corrected chi connectivity index (χ2v) is 5.38. The van der Waals surface area contributed by atoms with Gasteiger partial charge in [-0.3, -0.25) is 0 Å². The van der Waals surface area contributed by atoms with Crippen molar-refractivity contribution in [2.75, 3.05) is 32.4 Å². The Bertz CT molecular complexity index is 303. The van der Waals surface area contributed by atoms with Gasteiger partial charge in [0.15, 0.2) is 0 Å². The van der Waals surface area contributed by atoms with E-state index < -0.39 is 10.0 Å². The van der Waals surface area contributed by atoms with Crippen molar-refractivity contribution in [2.24, 2.45) is 0 Å². The smallest absolute Gasteiger partial charge is 0.314 e. The molecule has 0 rings (SSSR count). The highest BCUT2D eigenvalue weighted by atomic mass is 32.2. The van der Waals surface area contributed by atoms with Gasteiger partial charge >= 0.3 is 6.03 Å². The lowest BCUT2D eigenvalue weighted by Crippen LogP contribution is -2.37. The Kier molecular flexibility index (Phi) is 7.07. The summed E-state index contributed by atoms with van der Waals surface area (Å²) >= 11 is 0. The molecule has 0 spiro atoms. The lowest BCUT2D eigenvalue weighted by atomic mass is 10.4. The summed E-state index contributed by atoms with van der Waals surface area (Å²) in [6, 6.07) is -0.218. The molecule has 0 fully saturated rings. The summed E-state index contributed by atoms with van der Waals surface area (Å²) in [5.74, 6) is 0. The van der Waals surface area contributed by atoms with Gasteiger partial charge in [-0.2, -0.15) is 0 Å². The normalized spacial score (nSPS) is 11.5.